The highest BCUT2D eigenvalue weighted by atomic mass is 35.5. The first kappa shape index (κ1) is 18.3. The average molecular weight is 427 g/mol. The van der Waals surface area contributed by atoms with Crippen molar-refractivity contribution in [2.45, 2.75) is 30.7 Å². The van der Waals surface area contributed by atoms with Crippen LogP contribution in [0.3, 0.4) is 0 Å². The molecule has 0 amide bonds. The first-order chi connectivity index (χ1) is 9.47. The molecule has 1 aliphatic rings. The van der Waals surface area contributed by atoms with Gasteiger partial charge in [-0.1, -0.05) is 113 Å². The van der Waals surface area contributed by atoms with Gasteiger partial charge in [0.2, 0.25) is 0 Å². The van der Waals surface area contributed by atoms with E-state index in [0.29, 0.717) is 0 Å². The van der Waals surface area contributed by atoms with Crippen molar-refractivity contribution in [3.05, 3.63) is 48.0 Å². The van der Waals surface area contributed by atoms with Crippen LogP contribution in [-0.2, 0) is 0 Å². The van der Waals surface area contributed by atoms with Crippen LogP contribution in [0.4, 0.5) is 0 Å². The Labute approximate surface area is 159 Å². The van der Waals surface area contributed by atoms with Gasteiger partial charge in [0.1, 0.15) is 4.87 Å². The summed E-state index contributed by atoms with van der Waals surface area (Å²) in [6.07, 6.45) is 2.99. The van der Waals surface area contributed by atoms with Gasteiger partial charge in [-0.3, -0.25) is 0 Å². The number of rotatable bonds is 2. The molecule has 0 aromatic heterocycles. The zero-order chi connectivity index (χ0) is 16.1. The lowest BCUT2D eigenvalue weighted by atomic mass is 9.79. The van der Waals surface area contributed by atoms with E-state index in [1.807, 2.05) is 37.3 Å². The summed E-state index contributed by atoms with van der Waals surface area (Å²) in [6, 6.07) is 9.52. The summed E-state index contributed by atoms with van der Waals surface area (Å²) in [5, 5.41) is 0. The largest absolute Gasteiger partial charge is 0.189 e. The predicted octanol–water partition coefficient (Wildman–Crippen LogP) is 6.86. The van der Waals surface area contributed by atoms with E-state index in [4.69, 9.17) is 81.2 Å². The Morgan fingerprint density at radius 3 is 1.81 bits per heavy atom. The molecule has 0 fully saturated rings. The molecule has 0 heterocycles. The van der Waals surface area contributed by atoms with Gasteiger partial charge in [0, 0.05) is 5.92 Å². The first-order valence-electron chi connectivity index (χ1n) is 6.05. The van der Waals surface area contributed by atoms with Crippen LogP contribution in [0.15, 0.2) is 42.5 Å². The summed E-state index contributed by atoms with van der Waals surface area (Å²) in [7, 11) is 0. The Bertz CT molecular complexity index is 550. The highest BCUT2D eigenvalue weighted by molar-refractivity contribution is 6.72. The zero-order valence-corrected chi connectivity index (χ0v) is 16.1. The van der Waals surface area contributed by atoms with Gasteiger partial charge in [-0.05, 0) is 11.6 Å². The van der Waals surface area contributed by atoms with Crippen molar-refractivity contribution >= 4 is 81.2 Å². The van der Waals surface area contributed by atoms with E-state index in [2.05, 4.69) is 0 Å². The van der Waals surface area contributed by atoms with Gasteiger partial charge < -0.3 is 0 Å². The molecular weight excluding hydrogens is 416 g/mol. The maximum Gasteiger partial charge on any atom is 0.189 e. The van der Waals surface area contributed by atoms with Crippen LogP contribution < -0.4 is 0 Å². The van der Waals surface area contributed by atoms with E-state index in [1.54, 1.807) is 6.08 Å². The standard InChI is InChI=1S/C14H11Cl7/c1-9(10-5-3-2-4-6-10)11(15)7-8-12(16,17)14(20,21)13(11,18)19/h2-9H,1H3. The van der Waals surface area contributed by atoms with E-state index < -0.39 is 17.9 Å². The lowest BCUT2D eigenvalue weighted by Crippen LogP contribution is -2.63. The molecule has 0 saturated carbocycles. The minimum atomic E-state index is -1.90. The average Bonchev–Trinajstić information content (AvgIpc) is 2.43. The Morgan fingerprint density at radius 2 is 1.29 bits per heavy atom. The summed E-state index contributed by atoms with van der Waals surface area (Å²) in [5.41, 5.74) is 0.934. The van der Waals surface area contributed by atoms with Crippen LogP contribution in [0.5, 0.6) is 0 Å². The lowest BCUT2D eigenvalue weighted by Gasteiger charge is -2.52. The van der Waals surface area contributed by atoms with Crippen molar-refractivity contribution in [3.63, 3.8) is 0 Å². The van der Waals surface area contributed by atoms with Gasteiger partial charge in [-0.25, -0.2) is 0 Å². The van der Waals surface area contributed by atoms with Crippen LogP contribution in [0.1, 0.15) is 18.4 Å². The lowest BCUT2D eigenvalue weighted by molar-refractivity contribution is 0.448. The van der Waals surface area contributed by atoms with Gasteiger partial charge >= 0.3 is 0 Å². The van der Waals surface area contributed by atoms with Gasteiger partial charge in [0.05, 0.1) is 0 Å². The Hall–Kier alpha value is 0.990. The van der Waals surface area contributed by atoms with Crippen LogP contribution in [0.2, 0.25) is 0 Å². The predicted molar refractivity (Wildman–Crippen MR) is 95.9 cm³/mol. The zero-order valence-electron chi connectivity index (χ0n) is 10.8. The summed E-state index contributed by atoms with van der Waals surface area (Å²) in [4.78, 5) is -1.28. The summed E-state index contributed by atoms with van der Waals surface area (Å²) in [6.45, 7) is 1.88. The molecule has 1 aromatic carbocycles. The molecular formula is C14H11Cl7. The summed E-state index contributed by atoms with van der Waals surface area (Å²) < 4.78 is -5.38. The van der Waals surface area contributed by atoms with Gasteiger partial charge in [0.15, 0.2) is 13.0 Å². The molecule has 2 atom stereocenters. The Morgan fingerprint density at radius 1 is 0.762 bits per heavy atom. The molecule has 0 N–H and O–H groups in total. The number of hydrogen-bond donors (Lipinski definition) is 0. The highest BCUT2D eigenvalue weighted by Gasteiger charge is 2.70. The molecule has 0 radical (unpaired) electrons. The van der Waals surface area contributed by atoms with Crippen molar-refractivity contribution in [1.29, 1.82) is 0 Å². The summed E-state index contributed by atoms with van der Waals surface area (Å²) >= 11 is 44.4. The quantitative estimate of drug-likeness (QED) is 0.357. The van der Waals surface area contributed by atoms with Crippen molar-refractivity contribution in [1.82, 2.24) is 0 Å². The molecule has 1 aliphatic carbocycles. The Balaban J connectivity index is 2.57. The number of benzene rings is 1. The molecule has 2 rings (SSSR count). The number of hydrogen-bond acceptors (Lipinski definition) is 0. The van der Waals surface area contributed by atoms with Crippen molar-refractivity contribution in [3.8, 4) is 0 Å². The van der Waals surface area contributed by atoms with Crippen molar-refractivity contribution < 1.29 is 0 Å². The maximum absolute atomic E-state index is 6.73. The third kappa shape index (κ3) is 2.70. The topological polar surface area (TPSA) is 0 Å². The maximum atomic E-state index is 6.73. The van der Waals surface area contributed by atoms with E-state index >= 15 is 0 Å². The fraction of sp³-hybridized carbons (Fsp3) is 0.429. The SMILES string of the molecule is CC(c1ccccc1)C1(Cl)C=CC(Cl)(Cl)C(Cl)(Cl)C1(Cl)Cl. The fourth-order valence-electron chi connectivity index (χ4n) is 2.29. The van der Waals surface area contributed by atoms with Crippen molar-refractivity contribution in [2.75, 3.05) is 0 Å². The Kier molecular flexibility index (Phi) is 5.07. The van der Waals surface area contributed by atoms with E-state index in [-0.39, 0.29) is 5.92 Å². The molecule has 116 valence electrons. The van der Waals surface area contributed by atoms with E-state index in [9.17, 15) is 0 Å². The van der Waals surface area contributed by atoms with Gasteiger partial charge in [-0.15, -0.1) is 11.6 Å². The van der Waals surface area contributed by atoms with Gasteiger partial charge in [0.25, 0.3) is 0 Å². The van der Waals surface area contributed by atoms with Crippen LogP contribution >= 0.6 is 81.2 Å². The highest BCUT2D eigenvalue weighted by Crippen LogP contribution is 2.66. The second kappa shape index (κ2) is 5.81. The fourth-order valence-corrected chi connectivity index (χ4v) is 4.51. The second-order valence-corrected chi connectivity index (χ2v) is 9.67. The second-order valence-electron chi connectivity index (χ2n) is 5.01. The third-order valence-corrected chi connectivity index (χ3v) is 8.64. The molecule has 0 nitrogen and oxygen atoms in total. The molecule has 0 spiro atoms. The summed E-state index contributed by atoms with van der Waals surface area (Å²) in [5.74, 6) is -0.284. The first-order valence-corrected chi connectivity index (χ1v) is 8.69. The minimum Gasteiger partial charge on any atom is -0.111 e. The normalized spacial score (nSPS) is 30.9. The number of alkyl halides is 7. The molecule has 21 heavy (non-hydrogen) atoms. The molecule has 7 heteroatoms. The van der Waals surface area contributed by atoms with Gasteiger partial charge in [-0.2, -0.15) is 0 Å². The molecule has 0 bridgehead atoms. The third-order valence-electron chi connectivity index (χ3n) is 3.76. The van der Waals surface area contributed by atoms with E-state index in [0.717, 1.165) is 5.56 Å². The number of halogens is 7. The van der Waals surface area contributed by atoms with Crippen LogP contribution in [0, 0.1) is 0 Å². The monoisotopic (exact) mass is 424 g/mol. The smallest absolute Gasteiger partial charge is 0.111 e. The molecule has 1 aromatic rings. The number of allylic oxidation sites excluding steroid dienone is 2. The van der Waals surface area contributed by atoms with E-state index in [1.165, 1.54) is 6.08 Å². The molecule has 2 unspecified atom stereocenters. The van der Waals surface area contributed by atoms with Crippen molar-refractivity contribution in [2.24, 2.45) is 0 Å². The van der Waals surface area contributed by atoms with Crippen LogP contribution in [0.25, 0.3) is 0 Å². The molecule has 0 saturated heterocycles. The minimum absolute atomic E-state index is 0.284. The van der Waals surface area contributed by atoms with Crippen LogP contribution in [-0.4, -0.2) is 17.9 Å². The molecule has 0 aliphatic heterocycles.